The Bertz CT molecular complexity index is 746. The first-order valence-corrected chi connectivity index (χ1v) is 11.0. The second kappa shape index (κ2) is 6.89. The van der Waals surface area contributed by atoms with Gasteiger partial charge in [0, 0.05) is 18.8 Å². The number of fused-ring (bicyclic) bond motifs is 5. The lowest BCUT2D eigenvalue weighted by atomic mass is 9.45. The van der Waals surface area contributed by atoms with Gasteiger partial charge in [-0.05, 0) is 67.8 Å². The van der Waals surface area contributed by atoms with Crippen LogP contribution in [0.25, 0.3) is 0 Å². The smallest absolute Gasteiger partial charge is 0.302 e. The Morgan fingerprint density at radius 2 is 2.00 bits per heavy atom. The Morgan fingerprint density at radius 1 is 1.28 bits per heavy atom. The van der Waals surface area contributed by atoms with Crippen molar-refractivity contribution < 1.29 is 29.6 Å². The number of esters is 1. The van der Waals surface area contributed by atoms with Crippen LogP contribution in [0.2, 0.25) is 0 Å². The van der Waals surface area contributed by atoms with Gasteiger partial charge in [-0.2, -0.15) is 0 Å². The maximum atomic E-state index is 12.0. The molecule has 0 bridgehead atoms. The van der Waals surface area contributed by atoms with Crippen LogP contribution in [0.15, 0.2) is 11.6 Å². The number of carbonyl (C=O) groups excluding carboxylic acids is 2. The van der Waals surface area contributed by atoms with Crippen molar-refractivity contribution in [2.45, 2.75) is 83.5 Å². The molecule has 0 aliphatic heterocycles. The fraction of sp³-hybridized carbons (Fsp3) is 0.826. The van der Waals surface area contributed by atoms with Gasteiger partial charge in [0.25, 0.3) is 0 Å². The highest BCUT2D eigenvalue weighted by Crippen LogP contribution is 2.68. The fourth-order valence-corrected chi connectivity index (χ4v) is 7.61. The second-order valence-electron chi connectivity index (χ2n) is 10.4. The van der Waals surface area contributed by atoms with E-state index < -0.39 is 29.2 Å². The van der Waals surface area contributed by atoms with E-state index in [1.54, 1.807) is 0 Å². The van der Waals surface area contributed by atoms with Gasteiger partial charge >= 0.3 is 5.97 Å². The molecule has 162 valence electrons. The highest BCUT2D eigenvalue weighted by atomic mass is 16.5. The number of ketones is 1. The van der Waals surface area contributed by atoms with E-state index in [0.717, 1.165) is 25.7 Å². The van der Waals surface area contributed by atoms with E-state index in [2.05, 4.69) is 6.92 Å². The number of hydrogen-bond donors (Lipinski definition) is 3. The average molecular weight is 407 g/mol. The normalized spacial score (nSPS) is 47.5. The summed E-state index contributed by atoms with van der Waals surface area (Å²) in [5.74, 6) is 0.205. The summed E-state index contributed by atoms with van der Waals surface area (Å²) in [5.41, 5.74) is -1.02. The minimum atomic E-state index is -1.39. The molecular weight excluding hydrogens is 372 g/mol. The van der Waals surface area contributed by atoms with Gasteiger partial charge in [-0.15, -0.1) is 0 Å². The monoisotopic (exact) mass is 406 g/mol. The number of aliphatic hydroxyl groups is 3. The first-order chi connectivity index (χ1) is 13.5. The molecule has 8 atom stereocenters. The van der Waals surface area contributed by atoms with Crippen LogP contribution in [0.1, 0.15) is 65.7 Å². The zero-order valence-corrected chi connectivity index (χ0v) is 17.7. The number of ether oxygens (including phenoxy) is 1. The van der Waals surface area contributed by atoms with E-state index in [4.69, 9.17) is 4.74 Å². The van der Waals surface area contributed by atoms with Crippen LogP contribution in [0.3, 0.4) is 0 Å². The molecule has 3 N–H and O–H groups in total. The lowest BCUT2D eigenvalue weighted by Crippen LogP contribution is -2.63. The Balaban J connectivity index is 1.65. The van der Waals surface area contributed by atoms with E-state index in [1.165, 1.54) is 12.5 Å². The molecule has 4 aliphatic carbocycles. The second-order valence-corrected chi connectivity index (χ2v) is 10.4. The zero-order chi connectivity index (χ0) is 21.2. The molecule has 0 heterocycles. The predicted molar refractivity (Wildman–Crippen MR) is 106 cm³/mol. The minimum Gasteiger partial charge on any atom is -0.463 e. The molecule has 4 aliphatic rings. The molecule has 0 saturated heterocycles. The summed E-state index contributed by atoms with van der Waals surface area (Å²) >= 11 is 0. The molecule has 3 saturated carbocycles. The highest BCUT2D eigenvalue weighted by Gasteiger charge is 2.68. The van der Waals surface area contributed by atoms with Crippen molar-refractivity contribution >= 4 is 11.8 Å². The van der Waals surface area contributed by atoms with Gasteiger partial charge in [0.1, 0.15) is 12.7 Å². The third kappa shape index (κ3) is 2.94. The molecule has 6 nitrogen and oxygen atoms in total. The molecule has 29 heavy (non-hydrogen) atoms. The summed E-state index contributed by atoms with van der Waals surface area (Å²) in [6, 6.07) is 0. The topological polar surface area (TPSA) is 104 Å². The van der Waals surface area contributed by atoms with Crippen LogP contribution in [-0.4, -0.2) is 51.5 Å². The quantitative estimate of drug-likeness (QED) is 0.621. The average Bonchev–Trinajstić information content (AvgIpc) is 2.91. The SMILES string of the molecule is CC(=O)OCC(O)C1(O)CCC2C3CCC4=CC(=O)CCC4(C)C3C(O)CC21C. The number of carbonyl (C=O) groups is 2. The Labute approximate surface area is 172 Å². The summed E-state index contributed by atoms with van der Waals surface area (Å²) in [6.45, 7) is 5.24. The molecule has 0 spiro atoms. The first kappa shape index (κ1) is 21.0. The molecule has 0 amide bonds. The molecular formula is C23H34O6. The third-order valence-electron chi connectivity index (χ3n) is 9.11. The van der Waals surface area contributed by atoms with E-state index in [1.807, 2.05) is 13.0 Å². The Morgan fingerprint density at radius 3 is 2.69 bits per heavy atom. The van der Waals surface area contributed by atoms with Crippen molar-refractivity contribution in [3.05, 3.63) is 11.6 Å². The summed E-state index contributed by atoms with van der Waals surface area (Å²) in [4.78, 5) is 23.1. The van der Waals surface area contributed by atoms with Gasteiger partial charge in [0.15, 0.2) is 5.78 Å². The van der Waals surface area contributed by atoms with Gasteiger partial charge in [-0.1, -0.05) is 19.4 Å². The molecule has 3 fully saturated rings. The predicted octanol–water partition coefficient (Wildman–Crippen LogP) is 2.14. The van der Waals surface area contributed by atoms with Gasteiger partial charge < -0.3 is 20.1 Å². The standard InChI is InChI=1S/C23H34O6/c1-13(24)29-12-19(27)23(28)9-7-17-16-5-4-14-10-15(25)6-8-21(14,2)20(16)18(26)11-22(17,23)3/h10,16-20,26-28H,4-9,11-12H2,1-3H3. The van der Waals surface area contributed by atoms with E-state index >= 15 is 0 Å². The largest absolute Gasteiger partial charge is 0.463 e. The molecule has 0 aromatic carbocycles. The van der Waals surface area contributed by atoms with E-state index in [0.29, 0.717) is 19.3 Å². The molecule has 8 unspecified atom stereocenters. The lowest BCUT2D eigenvalue weighted by Gasteiger charge is -2.61. The number of rotatable bonds is 3. The summed E-state index contributed by atoms with van der Waals surface area (Å²) in [6.07, 6.45) is 4.72. The first-order valence-electron chi connectivity index (χ1n) is 11.0. The van der Waals surface area contributed by atoms with Crippen molar-refractivity contribution in [2.24, 2.45) is 28.6 Å². The maximum Gasteiger partial charge on any atom is 0.302 e. The molecule has 4 rings (SSSR count). The lowest BCUT2D eigenvalue weighted by molar-refractivity contribution is -0.210. The van der Waals surface area contributed by atoms with Gasteiger partial charge in [-0.3, -0.25) is 9.59 Å². The summed E-state index contributed by atoms with van der Waals surface area (Å²) < 4.78 is 4.99. The van der Waals surface area contributed by atoms with Crippen LogP contribution in [0.4, 0.5) is 0 Å². The van der Waals surface area contributed by atoms with Crippen LogP contribution in [0, 0.1) is 28.6 Å². The van der Waals surface area contributed by atoms with Crippen LogP contribution in [0.5, 0.6) is 0 Å². The number of aliphatic hydroxyl groups excluding tert-OH is 2. The summed E-state index contributed by atoms with van der Waals surface area (Å²) in [7, 11) is 0. The third-order valence-corrected chi connectivity index (χ3v) is 9.11. The molecule has 6 heteroatoms. The van der Waals surface area contributed by atoms with Gasteiger partial charge in [0.2, 0.25) is 0 Å². The van der Waals surface area contributed by atoms with Gasteiger partial charge in [-0.25, -0.2) is 0 Å². The van der Waals surface area contributed by atoms with Gasteiger partial charge in [0.05, 0.1) is 11.7 Å². The summed E-state index contributed by atoms with van der Waals surface area (Å²) in [5, 5.41) is 33.6. The van der Waals surface area contributed by atoms with Crippen molar-refractivity contribution in [2.75, 3.05) is 6.61 Å². The van der Waals surface area contributed by atoms with Crippen molar-refractivity contribution in [1.29, 1.82) is 0 Å². The minimum absolute atomic E-state index is 0.0710. The molecule has 0 aromatic heterocycles. The molecule has 0 radical (unpaired) electrons. The maximum absolute atomic E-state index is 12.0. The Hall–Kier alpha value is -1.24. The zero-order valence-electron chi connectivity index (χ0n) is 17.7. The van der Waals surface area contributed by atoms with Crippen LogP contribution >= 0.6 is 0 Å². The van der Waals surface area contributed by atoms with Crippen molar-refractivity contribution in [3.63, 3.8) is 0 Å². The molecule has 0 aromatic rings. The van der Waals surface area contributed by atoms with E-state index in [9.17, 15) is 24.9 Å². The van der Waals surface area contributed by atoms with Crippen molar-refractivity contribution in [1.82, 2.24) is 0 Å². The number of allylic oxidation sites excluding steroid dienone is 1. The highest BCUT2D eigenvalue weighted by molar-refractivity contribution is 5.91. The van der Waals surface area contributed by atoms with Crippen LogP contribution < -0.4 is 0 Å². The van der Waals surface area contributed by atoms with Crippen LogP contribution in [-0.2, 0) is 14.3 Å². The number of hydrogen-bond acceptors (Lipinski definition) is 6. The Kier molecular flexibility index (Phi) is 4.99. The fourth-order valence-electron chi connectivity index (χ4n) is 7.61. The van der Waals surface area contributed by atoms with E-state index in [-0.39, 0.29) is 35.6 Å². The van der Waals surface area contributed by atoms with Crippen molar-refractivity contribution in [3.8, 4) is 0 Å².